The maximum absolute atomic E-state index is 12.6. The highest BCUT2D eigenvalue weighted by atomic mass is 35.5. The van der Waals surface area contributed by atoms with E-state index < -0.39 is 16.1 Å². The highest BCUT2D eigenvalue weighted by Crippen LogP contribution is 2.31. The molecule has 2 unspecified atom stereocenters. The molecule has 0 aromatic heterocycles. The van der Waals surface area contributed by atoms with Crippen molar-refractivity contribution in [1.29, 1.82) is 0 Å². The zero-order chi connectivity index (χ0) is 18.6. The number of hydrogen-bond acceptors (Lipinski definition) is 6. The van der Waals surface area contributed by atoms with E-state index in [4.69, 9.17) is 15.2 Å². The van der Waals surface area contributed by atoms with Crippen molar-refractivity contribution in [1.82, 2.24) is 9.62 Å². The molecule has 0 saturated heterocycles. The molecule has 10 heteroatoms. The number of halogens is 1. The van der Waals surface area contributed by atoms with E-state index in [0.717, 1.165) is 6.42 Å². The average Bonchev–Trinajstić information content (AvgIpc) is 2.83. The molecule has 1 heterocycles. The van der Waals surface area contributed by atoms with Crippen LogP contribution in [0.25, 0.3) is 0 Å². The Labute approximate surface area is 160 Å². The number of nitrogens with one attached hydrogen (secondary N) is 1. The van der Waals surface area contributed by atoms with Gasteiger partial charge in [-0.2, -0.15) is 4.72 Å². The number of nitrogens with zero attached hydrogens (tertiary/aromatic N) is 1. The Balaban J connectivity index is 0.00000338. The molecule has 2 atom stereocenters. The summed E-state index contributed by atoms with van der Waals surface area (Å²) in [5.74, 6) is 0.543. The summed E-state index contributed by atoms with van der Waals surface area (Å²) in [6.07, 6.45) is 0.728. The van der Waals surface area contributed by atoms with Gasteiger partial charge in [0.1, 0.15) is 0 Å². The summed E-state index contributed by atoms with van der Waals surface area (Å²) >= 11 is 0. The first-order valence-electron chi connectivity index (χ1n) is 8.15. The molecular formula is C16H26ClN3O5S. The highest BCUT2D eigenvalue weighted by molar-refractivity contribution is 7.89. The van der Waals surface area contributed by atoms with E-state index in [1.807, 2.05) is 0 Å². The van der Waals surface area contributed by atoms with Crippen molar-refractivity contribution in [3.05, 3.63) is 18.2 Å². The van der Waals surface area contributed by atoms with E-state index in [2.05, 4.69) is 4.72 Å². The fourth-order valence-corrected chi connectivity index (χ4v) is 3.55. The molecule has 0 spiro atoms. The predicted molar refractivity (Wildman–Crippen MR) is 100 cm³/mol. The Bertz CT molecular complexity index is 729. The van der Waals surface area contributed by atoms with Crippen molar-refractivity contribution >= 4 is 28.3 Å². The summed E-state index contributed by atoms with van der Waals surface area (Å²) in [5, 5.41) is 0. The summed E-state index contributed by atoms with van der Waals surface area (Å²) in [4.78, 5) is 13.8. The molecule has 2 rings (SSSR count). The van der Waals surface area contributed by atoms with Gasteiger partial charge < -0.3 is 20.1 Å². The van der Waals surface area contributed by atoms with Crippen molar-refractivity contribution in [2.75, 3.05) is 26.8 Å². The summed E-state index contributed by atoms with van der Waals surface area (Å²) < 4.78 is 38.6. The van der Waals surface area contributed by atoms with Gasteiger partial charge >= 0.3 is 0 Å². The molecule has 148 valence electrons. The molecule has 1 aliphatic rings. The van der Waals surface area contributed by atoms with E-state index >= 15 is 0 Å². The molecule has 0 radical (unpaired) electrons. The van der Waals surface area contributed by atoms with E-state index in [9.17, 15) is 13.2 Å². The van der Waals surface area contributed by atoms with Gasteiger partial charge in [0.25, 0.3) is 0 Å². The van der Waals surface area contributed by atoms with Crippen LogP contribution in [0, 0.1) is 0 Å². The Morgan fingerprint density at radius 2 is 1.88 bits per heavy atom. The van der Waals surface area contributed by atoms with Gasteiger partial charge in [-0.1, -0.05) is 0 Å². The molecule has 8 nitrogen and oxygen atoms in total. The lowest BCUT2D eigenvalue weighted by atomic mass is 10.2. The minimum Gasteiger partial charge on any atom is -0.490 e. The number of carbonyl (C=O) groups excluding carboxylic acids is 1. The maximum atomic E-state index is 12.6. The number of hydrogen-bond donors (Lipinski definition) is 2. The van der Waals surface area contributed by atoms with Gasteiger partial charge in [-0.3, -0.25) is 4.79 Å². The second kappa shape index (κ2) is 9.40. The lowest BCUT2D eigenvalue weighted by Gasteiger charge is -2.27. The number of sulfonamides is 1. The van der Waals surface area contributed by atoms with Gasteiger partial charge in [-0.05, 0) is 26.0 Å². The van der Waals surface area contributed by atoms with Crippen LogP contribution in [-0.2, 0) is 14.8 Å². The lowest BCUT2D eigenvalue weighted by molar-refractivity contribution is -0.132. The van der Waals surface area contributed by atoms with Crippen molar-refractivity contribution in [3.8, 4) is 11.5 Å². The number of benzene rings is 1. The van der Waals surface area contributed by atoms with Crippen LogP contribution in [0.1, 0.15) is 20.3 Å². The number of carbonyl (C=O) groups is 1. The Hall–Kier alpha value is -1.55. The number of likely N-dealkylation sites (N-methyl/N-ethyl adjacent to an activating group) is 1. The fourth-order valence-electron chi connectivity index (χ4n) is 2.34. The predicted octanol–water partition coefficient (Wildman–Crippen LogP) is 0.742. The highest BCUT2D eigenvalue weighted by Gasteiger charge is 2.27. The summed E-state index contributed by atoms with van der Waals surface area (Å²) in [6.45, 7) is 4.57. The first-order valence-corrected chi connectivity index (χ1v) is 9.63. The SMILES string of the molecule is CC(NS(=O)(=O)c1ccc2c(c1)OCCCO2)C(=O)N(C)C(C)CN.Cl. The second-order valence-corrected chi connectivity index (χ2v) is 7.75. The minimum atomic E-state index is -3.88. The first-order chi connectivity index (χ1) is 11.8. The van der Waals surface area contributed by atoms with Gasteiger partial charge in [-0.25, -0.2) is 8.42 Å². The maximum Gasteiger partial charge on any atom is 0.241 e. The van der Waals surface area contributed by atoms with Crippen LogP contribution >= 0.6 is 12.4 Å². The third-order valence-electron chi connectivity index (χ3n) is 4.08. The van der Waals surface area contributed by atoms with Gasteiger partial charge in [0.05, 0.1) is 24.2 Å². The van der Waals surface area contributed by atoms with E-state index in [0.29, 0.717) is 31.3 Å². The van der Waals surface area contributed by atoms with E-state index in [1.165, 1.54) is 24.0 Å². The average molecular weight is 408 g/mol. The number of ether oxygens (including phenoxy) is 2. The third-order valence-corrected chi connectivity index (χ3v) is 5.62. The molecule has 1 amide bonds. The van der Waals surface area contributed by atoms with Crippen LogP contribution in [0.15, 0.2) is 23.1 Å². The van der Waals surface area contributed by atoms with Crippen LogP contribution in [0.3, 0.4) is 0 Å². The fraction of sp³-hybridized carbons (Fsp3) is 0.562. The van der Waals surface area contributed by atoms with Crippen LogP contribution < -0.4 is 19.9 Å². The zero-order valence-electron chi connectivity index (χ0n) is 15.1. The van der Waals surface area contributed by atoms with Crippen molar-refractivity contribution in [3.63, 3.8) is 0 Å². The summed E-state index contributed by atoms with van der Waals surface area (Å²) in [7, 11) is -2.28. The number of fused-ring (bicyclic) bond motifs is 1. The smallest absolute Gasteiger partial charge is 0.241 e. The summed E-state index contributed by atoms with van der Waals surface area (Å²) in [5.41, 5.74) is 5.55. The van der Waals surface area contributed by atoms with Crippen LogP contribution in [0.4, 0.5) is 0 Å². The molecule has 0 bridgehead atoms. The Morgan fingerprint density at radius 1 is 1.27 bits per heavy atom. The summed E-state index contributed by atoms with van der Waals surface area (Å²) in [6, 6.07) is 3.30. The molecule has 0 saturated carbocycles. The lowest BCUT2D eigenvalue weighted by Crippen LogP contribution is -2.49. The molecule has 1 aliphatic heterocycles. The molecular weight excluding hydrogens is 382 g/mol. The zero-order valence-corrected chi connectivity index (χ0v) is 16.7. The van der Waals surface area contributed by atoms with Gasteiger partial charge in [-0.15, -0.1) is 12.4 Å². The molecule has 26 heavy (non-hydrogen) atoms. The Morgan fingerprint density at radius 3 is 2.50 bits per heavy atom. The number of nitrogens with two attached hydrogens (primary N) is 1. The van der Waals surface area contributed by atoms with Gasteiger partial charge in [0, 0.05) is 32.1 Å². The van der Waals surface area contributed by atoms with Crippen LogP contribution in [0.2, 0.25) is 0 Å². The van der Waals surface area contributed by atoms with Crippen LogP contribution in [-0.4, -0.2) is 58.1 Å². The largest absolute Gasteiger partial charge is 0.490 e. The molecule has 1 aromatic carbocycles. The van der Waals surface area contributed by atoms with Gasteiger partial charge in [0.15, 0.2) is 11.5 Å². The third kappa shape index (κ3) is 5.23. The second-order valence-electron chi connectivity index (χ2n) is 6.04. The normalized spacial score (nSPS) is 16.0. The van der Waals surface area contributed by atoms with E-state index in [-0.39, 0.29) is 29.3 Å². The molecule has 0 aliphatic carbocycles. The van der Waals surface area contributed by atoms with Crippen molar-refractivity contribution < 1.29 is 22.7 Å². The quantitative estimate of drug-likeness (QED) is 0.719. The topological polar surface area (TPSA) is 111 Å². The van der Waals surface area contributed by atoms with Crippen LogP contribution in [0.5, 0.6) is 11.5 Å². The number of rotatable bonds is 6. The molecule has 3 N–H and O–H groups in total. The van der Waals surface area contributed by atoms with E-state index in [1.54, 1.807) is 20.0 Å². The minimum absolute atomic E-state index is 0. The Kier molecular flexibility index (Phi) is 8.14. The standard InChI is InChI=1S/C16H25N3O5S.ClH/c1-11(10-17)19(3)16(20)12(2)18-25(21,22)13-5-6-14-15(9-13)24-8-4-7-23-14;/h5-6,9,11-12,18H,4,7-8,10,17H2,1-3H3;1H. The molecule has 0 fully saturated rings. The van der Waals surface area contributed by atoms with Crippen molar-refractivity contribution in [2.24, 2.45) is 5.73 Å². The monoisotopic (exact) mass is 407 g/mol. The number of amides is 1. The molecule has 1 aromatic rings. The first kappa shape index (κ1) is 22.5. The van der Waals surface area contributed by atoms with Gasteiger partial charge in [0.2, 0.25) is 15.9 Å². The van der Waals surface area contributed by atoms with Crippen molar-refractivity contribution in [2.45, 2.75) is 37.2 Å².